The maximum atomic E-state index is 11.9. The third-order valence-corrected chi connectivity index (χ3v) is 4.30. The van der Waals surface area contributed by atoms with Crippen molar-refractivity contribution >= 4 is 23.6 Å². The Morgan fingerprint density at radius 2 is 1.81 bits per heavy atom. The van der Waals surface area contributed by atoms with Gasteiger partial charge in [0.1, 0.15) is 11.4 Å². The summed E-state index contributed by atoms with van der Waals surface area (Å²) >= 11 is 0. The fourth-order valence-electron chi connectivity index (χ4n) is 2.81. The van der Waals surface area contributed by atoms with Crippen LogP contribution in [0.2, 0.25) is 0 Å². The van der Waals surface area contributed by atoms with E-state index in [0.29, 0.717) is 12.2 Å². The minimum Gasteiger partial charge on any atom is -0.444 e. The van der Waals surface area contributed by atoms with E-state index in [4.69, 9.17) is 4.74 Å². The number of aliphatic imine (C=N–C) groups is 1. The topological polar surface area (TPSA) is 90.9 Å². The number of amides is 1. The minimum atomic E-state index is -0.521. The highest BCUT2D eigenvalue weighted by molar-refractivity contribution is 5.84. The minimum absolute atomic E-state index is 0.455. The number of aromatic nitrogens is 1. The molecule has 174 valence electrons. The average Bonchev–Trinajstić information content (AvgIpc) is 2.72. The summed E-state index contributed by atoms with van der Waals surface area (Å²) in [4.78, 5) is 23.1. The number of nitrogens with zero attached hydrogens (tertiary/aromatic N) is 3. The Kier molecular flexibility index (Phi) is 9.31. The van der Waals surface area contributed by atoms with Crippen molar-refractivity contribution in [1.82, 2.24) is 15.6 Å². The quantitative estimate of drug-likeness (QED) is 0.427. The van der Waals surface area contributed by atoms with E-state index in [9.17, 15) is 4.79 Å². The normalized spacial score (nSPS) is 11.6. The Hall–Kier alpha value is -3.29. The van der Waals surface area contributed by atoms with E-state index in [1.54, 1.807) is 0 Å². The zero-order chi connectivity index (χ0) is 23.6. The molecule has 0 aliphatic carbocycles. The zero-order valence-electron chi connectivity index (χ0n) is 20.0. The molecule has 1 aromatic heterocycles. The number of ether oxygens (including phenoxy) is 1. The highest BCUT2D eigenvalue weighted by atomic mass is 16.6. The van der Waals surface area contributed by atoms with Gasteiger partial charge >= 0.3 is 6.09 Å². The molecule has 0 radical (unpaired) electrons. The van der Waals surface area contributed by atoms with E-state index in [1.807, 2.05) is 89.2 Å². The van der Waals surface area contributed by atoms with Crippen LogP contribution in [0.15, 0.2) is 47.5 Å². The van der Waals surface area contributed by atoms with Gasteiger partial charge in [0.05, 0.1) is 12.2 Å². The largest absolute Gasteiger partial charge is 0.444 e. The number of carbonyl (C=O) groups is 1. The van der Waals surface area contributed by atoms with Crippen molar-refractivity contribution in [3.63, 3.8) is 0 Å². The summed E-state index contributed by atoms with van der Waals surface area (Å²) < 4.78 is 5.27. The maximum Gasteiger partial charge on any atom is 0.412 e. The molecule has 32 heavy (non-hydrogen) atoms. The first-order chi connectivity index (χ1) is 15.2. The molecule has 1 heterocycles. The third-order valence-electron chi connectivity index (χ3n) is 4.30. The van der Waals surface area contributed by atoms with Gasteiger partial charge in [0.15, 0.2) is 5.96 Å². The molecule has 0 aliphatic rings. The van der Waals surface area contributed by atoms with E-state index in [2.05, 4.69) is 25.9 Å². The van der Waals surface area contributed by atoms with Gasteiger partial charge in [-0.25, -0.2) is 14.8 Å². The maximum absolute atomic E-state index is 11.9. The molecule has 8 heteroatoms. The molecular weight excluding hydrogens is 404 g/mol. The molecular formula is C24H36N6O2. The van der Waals surface area contributed by atoms with Gasteiger partial charge in [-0.1, -0.05) is 18.2 Å². The van der Waals surface area contributed by atoms with Crippen molar-refractivity contribution in [3.8, 4) is 0 Å². The molecule has 2 aromatic rings. The van der Waals surface area contributed by atoms with Gasteiger partial charge in [0.2, 0.25) is 0 Å². The number of rotatable bonds is 8. The molecule has 0 unspecified atom stereocenters. The number of pyridine rings is 1. The first-order valence-electron chi connectivity index (χ1n) is 10.9. The highest BCUT2D eigenvalue weighted by Gasteiger charge is 2.16. The molecule has 0 fully saturated rings. The predicted molar refractivity (Wildman–Crippen MR) is 131 cm³/mol. The van der Waals surface area contributed by atoms with Gasteiger partial charge in [-0.05, 0) is 63.9 Å². The van der Waals surface area contributed by atoms with Gasteiger partial charge < -0.3 is 20.3 Å². The second-order valence-corrected chi connectivity index (χ2v) is 8.58. The molecule has 0 spiro atoms. The van der Waals surface area contributed by atoms with E-state index in [1.165, 1.54) is 0 Å². The molecule has 0 aliphatic heterocycles. The van der Waals surface area contributed by atoms with Crippen LogP contribution in [0.3, 0.4) is 0 Å². The van der Waals surface area contributed by atoms with Gasteiger partial charge in [-0.2, -0.15) is 0 Å². The molecule has 0 atom stereocenters. The summed E-state index contributed by atoms with van der Waals surface area (Å²) in [6.07, 6.45) is 0.370. The third kappa shape index (κ3) is 9.24. The van der Waals surface area contributed by atoms with E-state index >= 15 is 0 Å². The molecule has 8 nitrogen and oxygen atoms in total. The Morgan fingerprint density at radius 1 is 1.09 bits per heavy atom. The molecule has 2 rings (SSSR count). The molecule has 1 aromatic carbocycles. The van der Waals surface area contributed by atoms with Crippen molar-refractivity contribution in [2.45, 2.75) is 46.3 Å². The fourth-order valence-corrected chi connectivity index (χ4v) is 2.81. The Bertz CT molecular complexity index is 888. The van der Waals surface area contributed by atoms with Crippen molar-refractivity contribution in [3.05, 3.63) is 53.7 Å². The van der Waals surface area contributed by atoms with Crippen molar-refractivity contribution in [2.75, 3.05) is 37.4 Å². The van der Waals surface area contributed by atoms with Gasteiger partial charge in [0.25, 0.3) is 0 Å². The van der Waals surface area contributed by atoms with Crippen LogP contribution in [0, 0.1) is 0 Å². The second-order valence-electron chi connectivity index (χ2n) is 8.58. The number of carbonyl (C=O) groups excluding carboxylic acids is 1. The van der Waals surface area contributed by atoms with E-state index in [-0.39, 0.29) is 0 Å². The van der Waals surface area contributed by atoms with Crippen LogP contribution < -0.4 is 20.9 Å². The predicted octanol–water partition coefficient (Wildman–Crippen LogP) is 3.79. The molecule has 1 amide bonds. The summed E-state index contributed by atoms with van der Waals surface area (Å²) in [6, 6.07) is 13.7. The Balaban J connectivity index is 1.86. The van der Waals surface area contributed by atoms with Crippen LogP contribution in [-0.2, 0) is 17.7 Å². The van der Waals surface area contributed by atoms with E-state index in [0.717, 1.165) is 42.5 Å². The SMILES string of the molecule is CCNC(=NCc1cccc(N(C)C)n1)NCCc1ccc(NC(=O)OC(C)(C)C)cc1. The van der Waals surface area contributed by atoms with Crippen LogP contribution in [0.5, 0.6) is 0 Å². The first kappa shape index (κ1) is 25.0. The van der Waals surface area contributed by atoms with Crippen LogP contribution in [0.25, 0.3) is 0 Å². The standard InChI is InChI=1S/C24H36N6O2/c1-7-25-22(27-17-20-9-8-10-21(28-20)30(5)6)26-16-15-18-11-13-19(14-12-18)29-23(31)32-24(2,3)4/h8-14H,7,15-17H2,1-6H3,(H,29,31)(H2,25,26,27). The number of nitrogens with one attached hydrogen (secondary N) is 3. The van der Waals surface area contributed by atoms with Crippen LogP contribution in [0.4, 0.5) is 16.3 Å². The van der Waals surface area contributed by atoms with Crippen LogP contribution in [-0.4, -0.2) is 49.8 Å². The molecule has 0 bridgehead atoms. The van der Waals surface area contributed by atoms with Gasteiger partial charge in [0, 0.05) is 32.9 Å². The lowest BCUT2D eigenvalue weighted by molar-refractivity contribution is 0.0636. The number of hydrogen-bond acceptors (Lipinski definition) is 5. The highest BCUT2D eigenvalue weighted by Crippen LogP contribution is 2.13. The smallest absolute Gasteiger partial charge is 0.412 e. The van der Waals surface area contributed by atoms with Crippen LogP contribution in [0.1, 0.15) is 39.0 Å². The lowest BCUT2D eigenvalue weighted by Crippen LogP contribution is -2.38. The number of benzene rings is 1. The Labute approximate surface area is 191 Å². The fraction of sp³-hybridized carbons (Fsp3) is 0.458. The summed E-state index contributed by atoms with van der Waals surface area (Å²) in [7, 11) is 3.95. The number of guanidine groups is 1. The lowest BCUT2D eigenvalue weighted by Gasteiger charge is -2.19. The zero-order valence-corrected chi connectivity index (χ0v) is 20.0. The molecule has 3 N–H and O–H groups in total. The number of hydrogen-bond donors (Lipinski definition) is 3. The van der Waals surface area contributed by atoms with Crippen molar-refractivity contribution in [2.24, 2.45) is 4.99 Å². The summed E-state index contributed by atoms with van der Waals surface area (Å²) in [6.45, 7) is 9.57. The number of anilines is 2. The molecule has 0 saturated heterocycles. The lowest BCUT2D eigenvalue weighted by atomic mass is 10.1. The van der Waals surface area contributed by atoms with Gasteiger partial charge in [-0.15, -0.1) is 0 Å². The van der Waals surface area contributed by atoms with Crippen molar-refractivity contribution < 1.29 is 9.53 Å². The average molecular weight is 441 g/mol. The Morgan fingerprint density at radius 3 is 2.44 bits per heavy atom. The second kappa shape index (κ2) is 11.9. The summed E-state index contributed by atoms with van der Waals surface area (Å²) in [5, 5.41) is 9.37. The summed E-state index contributed by atoms with van der Waals surface area (Å²) in [5.74, 6) is 1.67. The van der Waals surface area contributed by atoms with E-state index < -0.39 is 11.7 Å². The monoisotopic (exact) mass is 440 g/mol. The van der Waals surface area contributed by atoms with Crippen LogP contribution >= 0.6 is 0 Å². The summed E-state index contributed by atoms with van der Waals surface area (Å²) in [5.41, 5.74) is 2.26. The van der Waals surface area contributed by atoms with Crippen molar-refractivity contribution in [1.29, 1.82) is 0 Å². The molecule has 0 saturated carbocycles. The first-order valence-corrected chi connectivity index (χ1v) is 10.9. The van der Waals surface area contributed by atoms with Gasteiger partial charge in [-0.3, -0.25) is 5.32 Å².